The lowest BCUT2D eigenvalue weighted by atomic mass is 10.0. The molecule has 0 N–H and O–H groups in total. The minimum absolute atomic E-state index is 0.604. The molecule has 0 atom stereocenters. The lowest BCUT2D eigenvalue weighted by molar-refractivity contribution is 0.500. The van der Waals surface area contributed by atoms with Crippen LogP contribution in [-0.4, -0.2) is 26.4 Å². The first-order valence-corrected chi connectivity index (χ1v) is 3.72. The first-order valence-electron chi connectivity index (χ1n) is 3.72. The first kappa shape index (κ1) is 7.97. The molecule has 68 valence electrons. The molecule has 0 unspecified atom stereocenters. The van der Waals surface area contributed by atoms with Crippen LogP contribution in [0.3, 0.4) is 0 Å². The quantitative estimate of drug-likeness (QED) is 0.647. The predicted molar refractivity (Wildman–Crippen MR) is 43.2 cm³/mol. The molecular weight excluding hydrogens is 177 g/mol. The van der Waals surface area contributed by atoms with Crippen LogP contribution in [0.15, 0.2) is 36.9 Å². The van der Waals surface area contributed by atoms with Crippen molar-refractivity contribution < 1.29 is 8.63 Å². The highest BCUT2D eigenvalue weighted by Gasteiger charge is 2.31. The molecular formula is C6H6BF2N4-. The Bertz CT molecular complexity index is 333. The molecule has 0 fully saturated rings. The van der Waals surface area contributed by atoms with Crippen LogP contribution in [0.1, 0.15) is 0 Å². The van der Waals surface area contributed by atoms with Gasteiger partial charge in [-0.15, -0.1) is 0 Å². The molecule has 0 aliphatic heterocycles. The molecule has 0 spiro atoms. The Labute approximate surface area is 72.8 Å². The smallest absolute Gasteiger partial charge is 0.436 e. The van der Waals surface area contributed by atoms with E-state index < -0.39 is 6.97 Å². The van der Waals surface area contributed by atoms with Gasteiger partial charge in [0.1, 0.15) is 0 Å². The molecule has 2 heterocycles. The fraction of sp³-hybridized carbons (Fsp3) is 0. The van der Waals surface area contributed by atoms with Gasteiger partial charge >= 0.3 is 6.97 Å². The fourth-order valence-corrected chi connectivity index (χ4v) is 1.05. The van der Waals surface area contributed by atoms with Crippen molar-refractivity contribution in [2.45, 2.75) is 0 Å². The Hall–Kier alpha value is -1.66. The molecule has 0 amide bonds. The maximum atomic E-state index is 13.4. The van der Waals surface area contributed by atoms with Gasteiger partial charge in [-0.2, -0.15) is 0 Å². The summed E-state index contributed by atoms with van der Waals surface area (Å²) in [5.41, 5.74) is 0. The van der Waals surface area contributed by atoms with E-state index in [0.29, 0.717) is 9.19 Å². The molecule has 7 heteroatoms. The predicted octanol–water partition coefficient (Wildman–Crippen LogP) is 0.851. The third-order valence-corrected chi connectivity index (χ3v) is 1.69. The van der Waals surface area contributed by atoms with E-state index in [9.17, 15) is 8.63 Å². The zero-order valence-electron chi connectivity index (χ0n) is 6.59. The van der Waals surface area contributed by atoms with Gasteiger partial charge in [-0.05, 0) is 24.5 Å². The number of aromatic nitrogens is 4. The number of rotatable bonds is 2. The molecule has 0 saturated carbocycles. The van der Waals surface area contributed by atoms with Gasteiger partial charge in [-0.1, -0.05) is 0 Å². The second-order valence-electron chi connectivity index (χ2n) is 2.56. The molecule has 0 radical (unpaired) electrons. The maximum absolute atomic E-state index is 13.4. The van der Waals surface area contributed by atoms with E-state index in [2.05, 4.69) is 10.2 Å². The van der Waals surface area contributed by atoms with Gasteiger partial charge in [0.15, 0.2) is 0 Å². The first-order chi connectivity index (χ1) is 6.21. The molecule has 0 aromatic carbocycles. The second-order valence-corrected chi connectivity index (χ2v) is 2.56. The summed E-state index contributed by atoms with van der Waals surface area (Å²) in [5.74, 6) is 0. The van der Waals surface area contributed by atoms with Crippen LogP contribution in [0, 0.1) is 0 Å². The minimum atomic E-state index is -3.92. The molecule has 0 aliphatic rings. The highest BCUT2D eigenvalue weighted by Crippen LogP contribution is 2.10. The van der Waals surface area contributed by atoms with Crippen molar-refractivity contribution in [3.8, 4) is 0 Å². The third-order valence-electron chi connectivity index (χ3n) is 1.69. The largest absolute Gasteiger partial charge is 0.564 e. The summed E-state index contributed by atoms with van der Waals surface area (Å²) in [6, 6.07) is 2.89. The normalized spacial score (nSPS) is 11.8. The van der Waals surface area contributed by atoms with Crippen molar-refractivity contribution in [1.29, 1.82) is 0 Å². The highest BCUT2D eigenvalue weighted by atomic mass is 19.2. The average molecular weight is 183 g/mol. The maximum Gasteiger partial charge on any atom is 0.564 e. The number of halogens is 2. The van der Waals surface area contributed by atoms with Crippen molar-refractivity contribution in [3.63, 3.8) is 0 Å². The number of hydrogen-bond donors (Lipinski definition) is 0. The van der Waals surface area contributed by atoms with Crippen LogP contribution in [0.2, 0.25) is 0 Å². The third kappa shape index (κ3) is 1.22. The Morgan fingerprint density at radius 3 is 1.69 bits per heavy atom. The SMILES string of the molecule is F[B-](F)(n1cccn1)n1cccn1. The summed E-state index contributed by atoms with van der Waals surface area (Å²) < 4.78 is 28.0. The van der Waals surface area contributed by atoms with E-state index in [1.165, 1.54) is 36.9 Å². The van der Waals surface area contributed by atoms with Crippen molar-refractivity contribution in [1.82, 2.24) is 19.4 Å². The van der Waals surface area contributed by atoms with E-state index in [1.54, 1.807) is 0 Å². The van der Waals surface area contributed by atoms with E-state index in [1.807, 2.05) is 0 Å². The lowest BCUT2D eigenvalue weighted by Gasteiger charge is -2.24. The second kappa shape index (κ2) is 2.68. The van der Waals surface area contributed by atoms with Crippen LogP contribution < -0.4 is 0 Å². The Balaban J connectivity index is 2.42. The minimum Gasteiger partial charge on any atom is -0.436 e. The zero-order valence-corrected chi connectivity index (χ0v) is 6.59. The van der Waals surface area contributed by atoms with Crippen LogP contribution >= 0.6 is 0 Å². The van der Waals surface area contributed by atoms with Crippen molar-refractivity contribution in [2.75, 3.05) is 0 Å². The van der Waals surface area contributed by atoms with Crippen molar-refractivity contribution in [2.24, 2.45) is 0 Å². The van der Waals surface area contributed by atoms with E-state index in [-0.39, 0.29) is 0 Å². The van der Waals surface area contributed by atoms with Gasteiger partial charge in [0.2, 0.25) is 0 Å². The number of nitrogens with zero attached hydrogens (tertiary/aromatic N) is 4. The highest BCUT2D eigenvalue weighted by molar-refractivity contribution is 6.62. The van der Waals surface area contributed by atoms with Gasteiger partial charge in [0.25, 0.3) is 0 Å². The van der Waals surface area contributed by atoms with E-state index in [4.69, 9.17) is 0 Å². The zero-order chi connectivity index (χ0) is 9.31. The van der Waals surface area contributed by atoms with Gasteiger partial charge < -0.3 is 17.8 Å². The van der Waals surface area contributed by atoms with Crippen LogP contribution in [0.25, 0.3) is 0 Å². The Kier molecular flexibility index (Phi) is 1.65. The summed E-state index contributed by atoms with van der Waals surface area (Å²) >= 11 is 0. The monoisotopic (exact) mass is 183 g/mol. The van der Waals surface area contributed by atoms with Crippen molar-refractivity contribution in [3.05, 3.63) is 36.9 Å². The van der Waals surface area contributed by atoms with Crippen LogP contribution in [-0.2, 0) is 0 Å². The van der Waals surface area contributed by atoms with Crippen LogP contribution in [0.4, 0.5) is 8.63 Å². The summed E-state index contributed by atoms with van der Waals surface area (Å²) in [5, 5.41) is 6.96. The molecule has 0 saturated heterocycles. The fourth-order valence-electron chi connectivity index (χ4n) is 1.05. The Morgan fingerprint density at radius 1 is 0.923 bits per heavy atom. The van der Waals surface area contributed by atoms with Gasteiger partial charge in [-0.25, -0.2) is 10.2 Å². The lowest BCUT2D eigenvalue weighted by Crippen LogP contribution is -2.43. The van der Waals surface area contributed by atoms with Gasteiger partial charge in [0.05, 0.1) is 0 Å². The average Bonchev–Trinajstić information content (AvgIpc) is 2.78. The van der Waals surface area contributed by atoms with Crippen molar-refractivity contribution >= 4 is 6.97 Å². The summed E-state index contributed by atoms with van der Waals surface area (Å²) in [6.45, 7) is -3.92. The van der Waals surface area contributed by atoms with Gasteiger partial charge in [-0.3, -0.25) is 0 Å². The summed E-state index contributed by atoms with van der Waals surface area (Å²) in [4.78, 5) is 0. The molecule has 4 nitrogen and oxygen atoms in total. The number of hydrogen-bond acceptors (Lipinski definition) is 2. The van der Waals surface area contributed by atoms with Crippen LogP contribution in [0.5, 0.6) is 0 Å². The summed E-state index contributed by atoms with van der Waals surface area (Å²) in [7, 11) is 0. The molecule has 2 aromatic heterocycles. The van der Waals surface area contributed by atoms with E-state index >= 15 is 0 Å². The standard InChI is InChI=1S/C6H6BF2N4/c8-7(9,12-5-1-3-10-12)13-6-2-4-11-13/h1-6H/q-1. The molecule has 13 heavy (non-hydrogen) atoms. The molecule has 2 aromatic rings. The molecule has 2 rings (SSSR count). The van der Waals surface area contributed by atoms with E-state index in [0.717, 1.165) is 0 Å². The summed E-state index contributed by atoms with van der Waals surface area (Å²) in [6.07, 6.45) is 5.03. The Morgan fingerprint density at radius 2 is 1.38 bits per heavy atom. The molecule has 0 aliphatic carbocycles. The molecule has 0 bridgehead atoms. The topological polar surface area (TPSA) is 35.6 Å². The van der Waals surface area contributed by atoms with Gasteiger partial charge in [0, 0.05) is 12.4 Å².